The Morgan fingerprint density at radius 3 is 2.24 bits per heavy atom. The van der Waals surface area contributed by atoms with Crippen molar-refractivity contribution in [2.24, 2.45) is 0 Å². The summed E-state index contributed by atoms with van der Waals surface area (Å²) in [6.07, 6.45) is -1.50. The Bertz CT molecular complexity index is 847. The molecule has 0 bridgehead atoms. The summed E-state index contributed by atoms with van der Waals surface area (Å²) < 4.78 is 63.9. The van der Waals surface area contributed by atoms with E-state index < -0.39 is 22.2 Å². The third-order valence-electron chi connectivity index (χ3n) is 5.70. The maximum absolute atomic E-state index is 12.6. The number of likely N-dealkylation sites (tertiary alicyclic amines) is 1. The zero-order chi connectivity index (χ0) is 21.6. The fourth-order valence-electron chi connectivity index (χ4n) is 4.04. The van der Waals surface area contributed by atoms with Crippen LogP contribution in [-0.4, -0.2) is 70.5 Å². The average Bonchev–Trinajstić information content (AvgIpc) is 3.19. The third-order valence-corrected chi connectivity index (χ3v) is 8.12. The molecule has 29 heavy (non-hydrogen) atoms. The summed E-state index contributed by atoms with van der Waals surface area (Å²) in [5, 5.41) is 11.1. The molecule has 12 heteroatoms. The lowest BCUT2D eigenvalue weighted by Crippen LogP contribution is -2.41. The van der Waals surface area contributed by atoms with Gasteiger partial charge in [0, 0.05) is 37.3 Å². The van der Waals surface area contributed by atoms with E-state index in [4.69, 9.17) is 14.4 Å². The second kappa shape index (κ2) is 7.88. The van der Waals surface area contributed by atoms with Crippen molar-refractivity contribution in [3.05, 3.63) is 17.0 Å². The highest BCUT2D eigenvalue weighted by atomic mass is 32.2. The van der Waals surface area contributed by atoms with E-state index in [-0.39, 0.29) is 11.3 Å². The summed E-state index contributed by atoms with van der Waals surface area (Å²) in [7, 11) is -3.05. The molecule has 0 aromatic carbocycles. The summed E-state index contributed by atoms with van der Waals surface area (Å²) in [6.45, 7) is 6.38. The Morgan fingerprint density at radius 2 is 1.76 bits per heavy atom. The van der Waals surface area contributed by atoms with Crippen LogP contribution in [0.4, 0.5) is 13.2 Å². The lowest BCUT2D eigenvalue weighted by Gasteiger charge is -2.25. The predicted molar refractivity (Wildman–Crippen MR) is 95.5 cm³/mol. The molecule has 2 atom stereocenters. The van der Waals surface area contributed by atoms with Gasteiger partial charge in [0.05, 0.1) is 10.9 Å². The molecule has 2 aliphatic heterocycles. The molecule has 8 nitrogen and oxygen atoms in total. The van der Waals surface area contributed by atoms with Gasteiger partial charge in [-0.3, -0.25) is 4.90 Å². The number of fused-ring (bicyclic) bond motifs is 1. The van der Waals surface area contributed by atoms with E-state index in [1.807, 2.05) is 18.2 Å². The van der Waals surface area contributed by atoms with Crippen molar-refractivity contribution in [3.8, 4) is 0 Å². The number of hydrogen-bond acceptors (Lipinski definition) is 6. The molecule has 3 aliphatic rings. The fourth-order valence-corrected chi connectivity index (χ4v) is 6.13. The highest BCUT2D eigenvalue weighted by molar-refractivity contribution is 7.90. The number of carbonyl (C=O) groups is 1. The summed E-state index contributed by atoms with van der Waals surface area (Å²) in [4.78, 5) is 11.3. The van der Waals surface area contributed by atoms with E-state index in [0.717, 1.165) is 55.8 Å². The quantitative estimate of drug-likeness (QED) is 0.766. The first-order valence-corrected chi connectivity index (χ1v) is 10.9. The van der Waals surface area contributed by atoms with Gasteiger partial charge in [0.25, 0.3) is 0 Å². The number of aryl methyl sites for hydroxylation is 2. The van der Waals surface area contributed by atoms with Crippen LogP contribution in [0.3, 0.4) is 0 Å². The van der Waals surface area contributed by atoms with Crippen LogP contribution in [0.15, 0.2) is 4.52 Å². The van der Waals surface area contributed by atoms with Gasteiger partial charge in [-0.05, 0) is 39.5 Å². The molecule has 2 saturated heterocycles. The zero-order valence-electron chi connectivity index (χ0n) is 16.1. The Labute approximate surface area is 166 Å². The zero-order valence-corrected chi connectivity index (χ0v) is 17.0. The van der Waals surface area contributed by atoms with E-state index in [2.05, 4.69) is 10.1 Å². The van der Waals surface area contributed by atoms with Crippen LogP contribution in [0, 0.1) is 13.8 Å². The molecule has 3 heterocycles. The Kier molecular flexibility index (Phi) is 5.98. The first-order valence-electron chi connectivity index (χ1n) is 9.39. The first kappa shape index (κ1) is 22.0. The molecule has 1 aliphatic carbocycles. The molecule has 1 aromatic rings. The Hall–Kier alpha value is -1.66. The lowest BCUT2D eigenvalue weighted by molar-refractivity contribution is -0.192. The summed E-state index contributed by atoms with van der Waals surface area (Å²) in [5.74, 6) is -1.88. The van der Waals surface area contributed by atoms with Gasteiger partial charge < -0.3 is 9.63 Å². The number of halogens is 3. The molecule has 1 saturated carbocycles. The van der Waals surface area contributed by atoms with Crippen molar-refractivity contribution >= 4 is 16.0 Å². The third kappa shape index (κ3) is 4.58. The summed E-state index contributed by atoms with van der Waals surface area (Å²) in [6, 6.07) is 0.522. The van der Waals surface area contributed by atoms with Crippen molar-refractivity contribution in [1.82, 2.24) is 14.4 Å². The minimum atomic E-state index is -5.08. The number of aliphatic carboxylic acids is 1. The second-order valence-corrected chi connectivity index (χ2v) is 9.81. The second-order valence-electron chi connectivity index (χ2n) is 7.64. The van der Waals surface area contributed by atoms with Gasteiger partial charge in [0.15, 0.2) is 0 Å². The smallest absolute Gasteiger partial charge is 0.475 e. The largest absolute Gasteiger partial charge is 0.490 e. The van der Waals surface area contributed by atoms with Crippen LogP contribution < -0.4 is 0 Å². The molecule has 4 rings (SSSR count). The molecule has 164 valence electrons. The van der Waals surface area contributed by atoms with E-state index in [1.165, 1.54) is 0 Å². The SMILES string of the molecule is Cc1noc(C)c1CN1CC[C@H]2[C@H]1CCN2S(=O)(=O)C1CC1.O=C(O)C(F)(F)F. The lowest BCUT2D eigenvalue weighted by atomic mass is 10.1. The number of alkyl halides is 3. The number of carboxylic acid groups (broad SMARTS) is 1. The van der Waals surface area contributed by atoms with E-state index in [1.54, 1.807) is 0 Å². The maximum Gasteiger partial charge on any atom is 0.490 e. The number of hydrogen-bond donors (Lipinski definition) is 1. The average molecular weight is 439 g/mol. The molecule has 0 radical (unpaired) electrons. The van der Waals surface area contributed by atoms with Crippen LogP contribution >= 0.6 is 0 Å². The van der Waals surface area contributed by atoms with Crippen LogP contribution in [0.1, 0.15) is 42.7 Å². The van der Waals surface area contributed by atoms with Crippen molar-refractivity contribution < 1.29 is 36.0 Å². The molecule has 1 aromatic heterocycles. The van der Waals surface area contributed by atoms with Gasteiger partial charge in [-0.2, -0.15) is 17.5 Å². The number of aromatic nitrogens is 1. The van der Waals surface area contributed by atoms with Crippen molar-refractivity contribution in [2.45, 2.75) is 69.6 Å². The highest BCUT2D eigenvalue weighted by Gasteiger charge is 2.51. The van der Waals surface area contributed by atoms with Crippen LogP contribution in [0.5, 0.6) is 0 Å². The number of nitrogens with zero attached hydrogens (tertiary/aromatic N) is 3. The number of rotatable bonds is 4. The molecule has 3 fully saturated rings. The predicted octanol–water partition coefficient (Wildman–Crippen LogP) is 2.07. The van der Waals surface area contributed by atoms with Crippen molar-refractivity contribution in [2.75, 3.05) is 13.1 Å². The van der Waals surface area contributed by atoms with Gasteiger partial charge >= 0.3 is 12.1 Å². The van der Waals surface area contributed by atoms with Gasteiger partial charge in [0.2, 0.25) is 10.0 Å². The van der Waals surface area contributed by atoms with E-state index in [9.17, 15) is 21.6 Å². The highest BCUT2D eigenvalue weighted by Crippen LogP contribution is 2.40. The summed E-state index contributed by atoms with van der Waals surface area (Å²) in [5.41, 5.74) is 2.10. The fraction of sp³-hybridized carbons (Fsp3) is 0.765. The monoisotopic (exact) mass is 439 g/mol. The number of carboxylic acids is 1. The van der Waals surface area contributed by atoms with E-state index >= 15 is 0 Å². The minimum absolute atomic E-state index is 0.0946. The van der Waals surface area contributed by atoms with Gasteiger partial charge in [-0.15, -0.1) is 0 Å². The van der Waals surface area contributed by atoms with Crippen LogP contribution in [0.25, 0.3) is 0 Å². The molecule has 0 unspecified atom stereocenters. The molecular formula is C17H24F3N3O5S. The van der Waals surface area contributed by atoms with Gasteiger partial charge in [-0.25, -0.2) is 13.2 Å². The normalized spacial score (nSPS) is 25.6. The standard InChI is InChI=1S/C15H23N3O3S.C2HF3O2/c1-10-13(11(2)21-16-10)9-17-7-5-15-14(17)6-8-18(15)22(19,20)12-3-4-12;3-2(4,5)1(6)7/h12,14-15H,3-9H2,1-2H3;(H,6,7)/t14-,15+;/m1./s1. The number of sulfonamides is 1. The first-order chi connectivity index (χ1) is 13.4. The Morgan fingerprint density at radius 1 is 1.17 bits per heavy atom. The van der Waals surface area contributed by atoms with Crippen molar-refractivity contribution in [3.63, 3.8) is 0 Å². The topological polar surface area (TPSA) is 104 Å². The molecule has 0 spiro atoms. The van der Waals surface area contributed by atoms with Gasteiger partial charge in [-0.1, -0.05) is 5.16 Å². The van der Waals surface area contributed by atoms with Crippen LogP contribution in [-0.2, 0) is 21.4 Å². The minimum Gasteiger partial charge on any atom is -0.475 e. The van der Waals surface area contributed by atoms with Crippen molar-refractivity contribution in [1.29, 1.82) is 0 Å². The maximum atomic E-state index is 12.6. The molecule has 0 amide bonds. The summed E-state index contributed by atoms with van der Waals surface area (Å²) >= 11 is 0. The van der Waals surface area contributed by atoms with E-state index in [0.29, 0.717) is 12.6 Å². The molecular weight excluding hydrogens is 415 g/mol. The Balaban J connectivity index is 0.000000298. The molecule has 1 N–H and O–H groups in total. The van der Waals surface area contributed by atoms with Crippen LogP contribution in [0.2, 0.25) is 0 Å². The van der Waals surface area contributed by atoms with Gasteiger partial charge in [0.1, 0.15) is 5.76 Å².